The predicted octanol–water partition coefficient (Wildman–Crippen LogP) is 3.87. The van der Waals surface area contributed by atoms with Crippen LogP contribution >= 0.6 is 15.9 Å². The lowest BCUT2D eigenvalue weighted by atomic mass is 10.2. The maximum absolute atomic E-state index is 13.3. The molecule has 178 valence electrons. The number of amides is 1. The van der Waals surface area contributed by atoms with E-state index in [0.717, 1.165) is 20.0 Å². The first-order valence-corrected chi connectivity index (χ1v) is 12.5. The summed E-state index contributed by atoms with van der Waals surface area (Å²) in [6, 6.07) is 20.0. The van der Waals surface area contributed by atoms with E-state index in [2.05, 4.69) is 26.5 Å². The quantitative estimate of drug-likeness (QED) is 0.326. The number of carbonyl (C=O) groups excluding carboxylic acids is 1. The summed E-state index contributed by atoms with van der Waals surface area (Å²) in [6.07, 6.45) is 1.49. The van der Waals surface area contributed by atoms with Gasteiger partial charge < -0.3 is 9.64 Å². The van der Waals surface area contributed by atoms with Crippen molar-refractivity contribution in [2.24, 2.45) is 5.10 Å². The summed E-state index contributed by atoms with van der Waals surface area (Å²) in [6.45, 7) is -0.454. The van der Waals surface area contributed by atoms with Crippen LogP contribution in [0.1, 0.15) is 5.56 Å². The van der Waals surface area contributed by atoms with Gasteiger partial charge in [0.2, 0.25) is 0 Å². The first-order chi connectivity index (χ1) is 16.2. The van der Waals surface area contributed by atoms with Crippen molar-refractivity contribution in [3.05, 3.63) is 82.8 Å². The average molecular weight is 545 g/mol. The summed E-state index contributed by atoms with van der Waals surface area (Å²) in [5, 5.41) is 3.99. The SMILES string of the molecule is COc1ccc(N(CC(=O)NN=Cc2ccc(N(C)C)c(Br)c2)S(=O)(=O)c2ccccc2)cc1. The minimum atomic E-state index is -4.00. The second-order valence-electron chi connectivity index (χ2n) is 7.42. The van der Waals surface area contributed by atoms with Crippen LogP contribution in [0.15, 0.2) is 87.3 Å². The number of benzene rings is 3. The lowest BCUT2D eigenvalue weighted by Crippen LogP contribution is -2.39. The zero-order valence-corrected chi connectivity index (χ0v) is 21.4. The normalized spacial score (nSPS) is 11.3. The van der Waals surface area contributed by atoms with Crippen LogP contribution in [-0.2, 0) is 14.8 Å². The largest absolute Gasteiger partial charge is 0.497 e. The zero-order chi connectivity index (χ0) is 24.7. The van der Waals surface area contributed by atoms with Crippen molar-refractivity contribution >= 4 is 49.4 Å². The molecule has 0 aliphatic heterocycles. The van der Waals surface area contributed by atoms with E-state index in [4.69, 9.17) is 4.74 Å². The molecule has 3 aromatic rings. The topological polar surface area (TPSA) is 91.3 Å². The number of methoxy groups -OCH3 is 1. The van der Waals surface area contributed by atoms with Gasteiger partial charge in [-0.05, 0) is 70.0 Å². The molecule has 0 unspecified atom stereocenters. The lowest BCUT2D eigenvalue weighted by Gasteiger charge is -2.23. The van der Waals surface area contributed by atoms with Gasteiger partial charge in [-0.1, -0.05) is 24.3 Å². The number of carbonyl (C=O) groups is 1. The van der Waals surface area contributed by atoms with Crippen LogP contribution in [0.25, 0.3) is 0 Å². The molecule has 0 saturated heterocycles. The molecule has 0 saturated carbocycles. The number of hydrogen-bond acceptors (Lipinski definition) is 6. The van der Waals surface area contributed by atoms with E-state index in [-0.39, 0.29) is 4.90 Å². The molecule has 0 radical (unpaired) electrons. The van der Waals surface area contributed by atoms with Crippen molar-refractivity contribution < 1.29 is 17.9 Å². The average Bonchev–Trinajstić information content (AvgIpc) is 2.83. The van der Waals surface area contributed by atoms with E-state index in [1.165, 1.54) is 25.5 Å². The molecule has 10 heteroatoms. The van der Waals surface area contributed by atoms with Gasteiger partial charge in [-0.25, -0.2) is 13.8 Å². The molecule has 0 aliphatic rings. The second-order valence-corrected chi connectivity index (χ2v) is 10.1. The van der Waals surface area contributed by atoms with Crippen LogP contribution in [0, 0.1) is 0 Å². The summed E-state index contributed by atoms with van der Waals surface area (Å²) in [4.78, 5) is 14.7. The fourth-order valence-corrected chi connectivity index (χ4v) is 5.29. The number of rotatable bonds is 9. The zero-order valence-electron chi connectivity index (χ0n) is 19.0. The molecule has 0 aromatic heterocycles. The third kappa shape index (κ3) is 6.15. The monoisotopic (exact) mass is 544 g/mol. The number of halogens is 1. The number of anilines is 2. The highest BCUT2D eigenvalue weighted by Gasteiger charge is 2.27. The van der Waals surface area contributed by atoms with E-state index in [1.807, 2.05) is 37.2 Å². The molecular weight excluding hydrogens is 520 g/mol. The Morgan fingerprint density at radius 3 is 2.32 bits per heavy atom. The van der Waals surface area contributed by atoms with Crippen molar-refractivity contribution in [3.8, 4) is 5.75 Å². The van der Waals surface area contributed by atoms with Gasteiger partial charge in [0.1, 0.15) is 12.3 Å². The van der Waals surface area contributed by atoms with Gasteiger partial charge in [0.15, 0.2) is 0 Å². The summed E-state index contributed by atoms with van der Waals surface area (Å²) in [7, 11) is 1.40. The highest BCUT2D eigenvalue weighted by Crippen LogP contribution is 2.26. The third-order valence-electron chi connectivity index (χ3n) is 4.84. The van der Waals surface area contributed by atoms with Gasteiger partial charge in [0, 0.05) is 18.6 Å². The standard InChI is InChI=1S/C24H25BrN4O4S/c1-28(2)23-14-9-18(15-22(23)25)16-26-27-24(30)17-29(19-10-12-20(33-3)13-11-19)34(31,32)21-7-5-4-6-8-21/h4-16H,17H2,1-3H3,(H,27,30). The number of nitrogens with zero attached hydrogens (tertiary/aromatic N) is 3. The Morgan fingerprint density at radius 2 is 1.74 bits per heavy atom. The molecule has 3 aromatic carbocycles. The maximum Gasteiger partial charge on any atom is 0.264 e. The summed E-state index contributed by atoms with van der Waals surface area (Å²) in [5.74, 6) is -0.0168. The number of sulfonamides is 1. The Hall–Kier alpha value is -3.37. The van der Waals surface area contributed by atoms with Gasteiger partial charge in [-0.15, -0.1) is 0 Å². The molecule has 1 amide bonds. The Bertz CT molecular complexity index is 1260. The maximum atomic E-state index is 13.3. The number of hydrogen-bond donors (Lipinski definition) is 1. The Balaban J connectivity index is 1.80. The molecule has 0 spiro atoms. The third-order valence-corrected chi connectivity index (χ3v) is 7.26. The highest BCUT2D eigenvalue weighted by molar-refractivity contribution is 9.10. The lowest BCUT2D eigenvalue weighted by molar-refractivity contribution is -0.119. The summed E-state index contributed by atoms with van der Waals surface area (Å²) < 4.78 is 33.7. The number of hydrazone groups is 1. The first kappa shape index (κ1) is 25.3. The van der Waals surface area contributed by atoms with E-state index in [9.17, 15) is 13.2 Å². The fraction of sp³-hybridized carbons (Fsp3) is 0.167. The molecule has 3 rings (SSSR count). The summed E-state index contributed by atoms with van der Waals surface area (Å²) >= 11 is 3.51. The summed E-state index contributed by atoms with van der Waals surface area (Å²) in [5.41, 5.74) is 4.50. The molecule has 0 heterocycles. The highest BCUT2D eigenvalue weighted by atomic mass is 79.9. The molecule has 8 nitrogen and oxygen atoms in total. The molecule has 0 bridgehead atoms. The van der Waals surface area contributed by atoms with Crippen molar-refractivity contribution in [3.63, 3.8) is 0 Å². The van der Waals surface area contributed by atoms with Crippen LogP contribution in [0.5, 0.6) is 5.75 Å². The van der Waals surface area contributed by atoms with Gasteiger partial charge in [-0.2, -0.15) is 5.10 Å². The number of ether oxygens (including phenoxy) is 1. The van der Waals surface area contributed by atoms with Crippen LogP contribution < -0.4 is 19.4 Å². The smallest absolute Gasteiger partial charge is 0.264 e. The minimum absolute atomic E-state index is 0.0768. The first-order valence-electron chi connectivity index (χ1n) is 10.2. The van der Waals surface area contributed by atoms with E-state index >= 15 is 0 Å². The molecule has 34 heavy (non-hydrogen) atoms. The van der Waals surface area contributed by atoms with E-state index < -0.39 is 22.5 Å². The van der Waals surface area contributed by atoms with Gasteiger partial charge in [-0.3, -0.25) is 9.10 Å². The van der Waals surface area contributed by atoms with E-state index in [1.54, 1.807) is 42.5 Å². The van der Waals surface area contributed by atoms with Crippen molar-refractivity contribution in [1.82, 2.24) is 5.43 Å². The number of nitrogens with one attached hydrogen (secondary N) is 1. The van der Waals surface area contributed by atoms with Crippen molar-refractivity contribution in [1.29, 1.82) is 0 Å². The van der Waals surface area contributed by atoms with Crippen LogP contribution in [0.3, 0.4) is 0 Å². The van der Waals surface area contributed by atoms with Gasteiger partial charge in [0.05, 0.1) is 29.6 Å². The molecular formula is C24H25BrN4O4S. The van der Waals surface area contributed by atoms with Crippen molar-refractivity contribution in [2.45, 2.75) is 4.90 Å². The van der Waals surface area contributed by atoms with Crippen molar-refractivity contribution in [2.75, 3.05) is 37.0 Å². The van der Waals surface area contributed by atoms with E-state index in [0.29, 0.717) is 11.4 Å². The minimum Gasteiger partial charge on any atom is -0.497 e. The molecule has 1 N–H and O–H groups in total. The van der Waals surface area contributed by atoms with Crippen LogP contribution in [-0.4, -0.2) is 48.3 Å². The molecule has 0 aliphatic carbocycles. The van der Waals surface area contributed by atoms with Crippen LogP contribution in [0.4, 0.5) is 11.4 Å². The Labute approximate surface area is 208 Å². The molecule has 0 atom stereocenters. The van der Waals surface area contributed by atoms with Gasteiger partial charge >= 0.3 is 0 Å². The second kappa shape index (κ2) is 11.2. The fourth-order valence-electron chi connectivity index (χ4n) is 3.09. The predicted molar refractivity (Wildman–Crippen MR) is 138 cm³/mol. The Kier molecular flexibility index (Phi) is 8.30. The molecule has 0 fully saturated rings. The Morgan fingerprint density at radius 1 is 1.06 bits per heavy atom. The van der Waals surface area contributed by atoms with Crippen LogP contribution in [0.2, 0.25) is 0 Å². The van der Waals surface area contributed by atoms with Gasteiger partial charge in [0.25, 0.3) is 15.9 Å².